The molecular formula is C36H38Cl2O2Zr. The summed E-state index contributed by atoms with van der Waals surface area (Å²) in [5.41, 5.74) is 8.57. The van der Waals surface area contributed by atoms with E-state index in [4.69, 9.17) is 8.83 Å². The molecule has 0 saturated heterocycles. The van der Waals surface area contributed by atoms with Crippen LogP contribution in [-0.4, -0.2) is 0 Å². The van der Waals surface area contributed by atoms with Crippen molar-refractivity contribution in [2.24, 2.45) is 0 Å². The molecule has 5 heteroatoms. The number of halogens is 2. The predicted molar refractivity (Wildman–Crippen MR) is 157 cm³/mol. The molecule has 4 aromatic rings. The van der Waals surface area contributed by atoms with Crippen LogP contribution in [0.15, 0.2) is 76.1 Å². The van der Waals surface area contributed by atoms with Gasteiger partial charge in [-0.1, -0.05) is 0 Å². The van der Waals surface area contributed by atoms with Crippen molar-refractivity contribution < 1.29 is 56.9 Å². The van der Waals surface area contributed by atoms with E-state index in [9.17, 15) is 0 Å². The third kappa shape index (κ3) is 5.80. The van der Waals surface area contributed by atoms with E-state index in [1.165, 1.54) is 33.4 Å². The normalized spacial score (nSPS) is 17.6. The summed E-state index contributed by atoms with van der Waals surface area (Å²) in [4.78, 5) is 0. The number of hydrogen-bond acceptors (Lipinski definition) is 2. The summed E-state index contributed by atoms with van der Waals surface area (Å²) in [6.07, 6.45) is 5.06. The van der Waals surface area contributed by atoms with E-state index in [-0.39, 0.29) is 47.5 Å². The van der Waals surface area contributed by atoms with Gasteiger partial charge >= 0.3 is 246 Å². The van der Waals surface area contributed by atoms with Crippen LogP contribution in [0.4, 0.5) is 0 Å². The first-order chi connectivity index (χ1) is 18.4. The molecule has 0 spiro atoms. The number of fused-ring (bicyclic) bond motifs is 2. The quantitative estimate of drug-likeness (QED) is 0.332. The topological polar surface area (TPSA) is 26.3 Å². The average molecular weight is 665 g/mol. The average Bonchev–Trinajstić information content (AvgIpc) is 3.62. The number of benzene rings is 2. The summed E-state index contributed by atoms with van der Waals surface area (Å²) in [6.45, 7) is 18.0. The summed E-state index contributed by atoms with van der Waals surface area (Å²) >= 11 is -1.23. The van der Waals surface area contributed by atoms with Crippen molar-refractivity contribution in [1.29, 1.82) is 0 Å². The molecule has 0 fully saturated rings. The van der Waals surface area contributed by atoms with Gasteiger partial charge in [-0.2, -0.15) is 0 Å². The van der Waals surface area contributed by atoms with Gasteiger partial charge < -0.3 is 24.8 Å². The molecule has 212 valence electrons. The van der Waals surface area contributed by atoms with Crippen molar-refractivity contribution in [3.8, 4) is 0 Å². The van der Waals surface area contributed by atoms with Crippen LogP contribution in [0.25, 0.3) is 12.2 Å². The number of furan rings is 2. The van der Waals surface area contributed by atoms with Crippen molar-refractivity contribution in [2.45, 2.75) is 78.1 Å². The van der Waals surface area contributed by atoms with Crippen LogP contribution in [0.2, 0.25) is 0 Å². The smallest absolute Gasteiger partial charge is 1.00 e. The van der Waals surface area contributed by atoms with Crippen LogP contribution >= 0.6 is 0 Å². The van der Waals surface area contributed by atoms with Gasteiger partial charge in [-0.25, -0.2) is 0 Å². The van der Waals surface area contributed by atoms with Crippen LogP contribution in [0.1, 0.15) is 110 Å². The van der Waals surface area contributed by atoms with Gasteiger partial charge in [0.05, 0.1) is 0 Å². The van der Waals surface area contributed by atoms with Crippen LogP contribution in [-0.2, 0) is 34.1 Å². The SMILES string of the molecule is Cc1ccc(C2[C]([Zr+2][C]3=Cc4c(cccc4C(C)(C)C)C3c3ccc(C)o3)=Cc3c2cccc3C(C)(C)C)o1.[Cl-].[Cl-]. The third-order valence-electron chi connectivity index (χ3n) is 8.12. The summed E-state index contributed by atoms with van der Waals surface area (Å²) in [7, 11) is 0. The van der Waals surface area contributed by atoms with E-state index in [2.05, 4.69) is 114 Å². The Labute approximate surface area is 269 Å². The first-order valence-electron chi connectivity index (χ1n) is 14.0. The number of allylic oxidation sites excluding steroid dienone is 2. The first-order valence-corrected chi connectivity index (χ1v) is 16.5. The molecule has 0 aliphatic heterocycles. The largest absolute Gasteiger partial charge is 1.00 e. The Morgan fingerprint density at radius 1 is 0.561 bits per heavy atom. The predicted octanol–water partition coefficient (Wildman–Crippen LogP) is 3.85. The van der Waals surface area contributed by atoms with E-state index < -0.39 is 23.2 Å². The molecule has 2 nitrogen and oxygen atoms in total. The van der Waals surface area contributed by atoms with Crippen molar-refractivity contribution >= 4 is 12.2 Å². The Bertz CT molecular complexity index is 1520. The van der Waals surface area contributed by atoms with Crippen molar-refractivity contribution in [3.63, 3.8) is 0 Å². The molecule has 2 aromatic heterocycles. The zero-order valence-electron chi connectivity index (χ0n) is 25.2. The molecule has 0 saturated carbocycles. The van der Waals surface area contributed by atoms with Gasteiger partial charge in [-0.05, 0) is 0 Å². The molecule has 2 unspecified atom stereocenters. The van der Waals surface area contributed by atoms with Crippen LogP contribution < -0.4 is 24.8 Å². The fourth-order valence-electron chi connectivity index (χ4n) is 6.33. The molecular weight excluding hydrogens is 627 g/mol. The summed E-state index contributed by atoms with van der Waals surface area (Å²) in [5, 5.41) is 0. The van der Waals surface area contributed by atoms with Gasteiger partial charge in [0.1, 0.15) is 0 Å². The van der Waals surface area contributed by atoms with Gasteiger partial charge in [-0.15, -0.1) is 0 Å². The summed E-state index contributed by atoms with van der Waals surface area (Å²) < 4.78 is 15.8. The fourth-order valence-corrected chi connectivity index (χ4v) is 10.4. The number of hydrogen-bond donors (Lipinski definition) is 0. The van der Waals surface area contributed by atoms with Gasteiger partial charge in [0.2, 0.25) is 0 Å². The van der Waals surface area contributed by atoms with Crippen LogP contribution in [0.5, 0.6) is 0 Å². The van der Waals surface area contributed by atoms with E-state index in [1.807, 2.05) is 13.8 Å². The fraction of sp³-hybridized carbons (Fsp3) is 0.333. The molecule has 0 bridgehead atoms. The second-order valence-electron chi connectivity index (χ2n) is 13.2. The first kappa shape index (κ1) is 31.9. The molecule has 0 N–H and O–H groups in total. The Balaban J connectivity index is 0.00000194. The maximum absolute atomic E-state index is 6.33. The van der Waals surface area contributed by atoms with Gasteiger partial charge in [0.15, 0.2) is 0 Å². The van der Waals surface area contributed by atoms with E-state index in [1.54, 1.807) is 6.56 Å². The Morgan fingerprint density at radius 3 is 1.27 bits per heavy atom. The second kappa shape index (κ2) is 11.6. The standard InChI is InChI=1S/2C18H19O.2ClH.Zr/c2*1-12-8-11-17(19-12)15-10-9-14-13(15)6-5-7-16(14)18(2,3)4;;;/h2*5-9,11,15H,1-4H3;2*1H;/q;;;;+2/p-2. The molecule has 0 amide bonds. The third-order valence-corrected chi connectivity index (χ3v) is 11.7. The molecule has 2 aliphatic carbocycles. The zero-order chi connectivity index (χ0) is 27.7. The Kier molecular flexibility index (Phi) is 8.98. The number of rotatable bonds is 4. The number of aryl methyl sites for hydroxylation is 2. The van der Waals surface area contributed by atoms with Gasteiger partial charge in [0.25, 0.3) is 0 Å². The minimum atomic E-state index is -1.23. The van der Waals surface area contributed by atoms with Gasteiger partial charge in [0, 0.05) is 0 Å². The minimum absolute atomic E-state index is 0. The molecule has 0 radical (unpaired) electrons. The van der Waals surface area contributed by atoms with Crippen LogP contribution in [0, 0.1) is 13.8 Å². The van der Waals surface area contributed by atoms with Crippen molar-refractivity contribution in [1.82, 2.24) is 0 Å². The zero-order valence-corrected chi connectivity index (χ0v) is 29.1. The molecule has 41 heavy (non-hydrogen) atoms. The van der Waals surface area contributed by atoms with E-state index in [0.717, 1.165) is 23.0 Å². The second-order valence-corrected chi connectivity index (χ2v) is 16.7. The molecule has 2 aromatic carbocycles. The van der Waals surface area contributed by atoms with E-state index >= 15 is 0 Å². The minimum Gasteiger partial charge on any atom is -1.00 e. The summed E-state index contributed by atoms with van der Waals surface area (Å²) in [6, 6.07) is 22.3. The maximum Gasteiger partial charge on any atom is -1.00 e. The monoisotopic (exact) mass is 662 g/mol. The maximum atomic E-state index is 6.33. The molecule has 2 aliphatic rings. The van der Waals surface area contributed by atoms with E-state index in [0.29, 0.717) is 0 Å². The van der Waals surface area contributed by atoms with Crippen molar-refractivity contribution in [3.05, 3.63) is 124 Å². The van der Waals surface area contributed by atoms with Crippen LogP contribution in [0.3, 0.4) is 0 Å². The Hall–Kier alpha value is -2.06. The molecule has 6 rings (SSSR count). The van der Waals surface area contributed by atoms with Gasteiger partial charge in [-0.3, -0.25) is 0 Å². The Morgan fingerprint density at radius 2 is 0.951 bits per heavy atom. The molecule has 2 heterocycles. The molecule has 2 atom stereocenters. The summed E-state index contributed by atoms with van der Waals surface area (Å²) in [5.74, 6) is 4.46. The van der Waals surface area contributed by atoms with Crippen molar-refractivity contribution in [2.75, 3.05) is 0 Å².